The fraction of sp³-hybridized carbons (Fsp3) is 0.500. The van der Waals surface area contributed by atoms with Crippen LogP contribution in [0.1, 0.15) is 12.5 Å². The Morgan fingerprint density at radius 2 is 2.00 bits per heavy atom. The number of benzene rings is 1. The molecule has 1 aromatic carbocycles. The van der Waals surface area contributed by atoms with Crippen LogP contribution in [0.25, 0.3) is 0 Å². The fourth-order valence-corrected chi connectivity index (χ4v) is 1.45. The van der Waals surface area contributed by atoms with E-state index in [1.54, 1.807) is 25.1 Å². The second-order valence-electron chi connectivity index (χ2n) is 4.09. The highest BCUT2D eigenvalue weighted by atomic mass is 19.3. The maximum atomic E-state index is 13.3. The van der Waals surface area contributed by atoms with Gasteiger partial charge in [-0.25, -0.2) is 13.2 Å². The largest absolute Gasteiger partial charge is 0.390 e. The average molecular weight is 247 g/mol. The summed E-state index contributed by atoms with van der Waals surface area (Å²) in [5.41, 5.74) is 0.486. The first-order valence-electron chi connectivity index (χ1n) is 5.40. The van der Waals surface area contributed by atoms with Crippen LogP contribution in [-0.2, 0) is 6.42 Å². The van der Waals surface area contributed by atoms with Gasteiger partial charge in [0.05, 0.1) is 6.54 Å². The molecule has 2 nitrogen and oxygen atoms in total. The van der Waals surface area contributed by atoms with Gasteiger partial charge in [-0.05, 0) is 25.0 Å². The van der Waals surface area contributed by atoms with Crippen LogP contribution >= 0.6 is 0 Å². The third-order valence-electron chi connectivity index (χ3n) is 2.42. The van der Waals surface area contributed by atoms with Crippen LogP contribution < -0.4 is 5.32 Å². The quantitative estimate of drug-likeness (QED) is 0.805. The minimum Gasteiger partial charge on any atom is -0.390 e. The first-order chi connectivity index (χ1) is 7.94. The van der Waals surface area contributed by atoms with E-state index in [2.05, 4.69) is 5.32 Å². The molecule has 0 bridgehead atoms. The molecule has 0 saturated heterocycles. The van der Waals surface area contributed by atoms with E-state index in [-0.39, 0.29) is 11.9 Å². The number of alkyl halides is 2. The SMILES string of the molecule is C[C@@H](Cc1ccccc1F)NCC(F)(F)CO. The minimum absolute atomic E-state index is 0.288. The molecule has 0 spiro atoms. The summed E-state index contributed by atoms with van der Waals surface area (Å²) in [6.07, 6.45) is 0.328. The van der Waals surface area contributed by atoms with Gasteiger partial charge in [-0.15, -0.1) is 0 Å². The number of halogens is 3. The summed E-state index contributed by atoms with van der Waals surface area (Å²) in [4.78, 5) is 0. The first-order valence-corrected chi connectivity index (χ1v) is 5.40. The summed E-state index contributed by atoms with van der Waals surface area (Å²) < 4.78 is 38.8. The molecule has 1 rings (SSSR count). The molecule has 0 heterocycles. The van der Waals surface area contributed by atoms with Gasteiger partial charge in [0.1, 0.15) is 12.4 Å². The maximum absolute atomic E-state index is 13.3. The van der Waals surface area contributed by atoms with Crippen LogP contribution in [0.4, 0.5) is 13.2 Å². The summed E-state index contributed by atoms with van der Waals surface area (Å²) in [5.74, 6) is -3.47. The van der Waals surface area contributed by atoms with Crippen LogP contribution in [-0.4, -0.2) is 30.2 Å². The molecule has 0 saturated carbocycles. The van der Waals surface area contributed by atoms with Gasteiger partial charge in [0.2, 0.25) is 0 Å². The van der Waals surface area contributed by atoms with Crippen LogP contribution in [0, 0.1) is 5.82 Å². The van der Waals surface area contributed by atoms with Gasteiger partial charge < -0.3 is 10.4 Å². The van der Waals surface area contributed by atoms with Crippen LogP contribution in [0.2, 0.25) is 0 Å². The molecular weight excluding hydrogens is 231 g/mol. The van der Waals surface area contributed by atoms with Crippen molar-refractivity contribution in [2.24, 2.45) is 0 Å². The zero-order valence-corrected chi connectivity index (χ0v) is 9.59. The van der Waals surface area contributed by atoms with Crippen molar-refractivity contribution in [3.05, 3.63) is 35.6 Å². The van der Waals surface area contributed by atoms with Gasteiger partial charge in [-0.1, -0.05) is 18.2 Å². The summed E-state index contributed by atoms with van der Waals surface area (Å²) in [7, 11) is 0. The molecule has 5 heteroatoms. The van der Waals surface area contributed by atoms with Crippen molar-refractivity contribution in [2.75, 3.05) is 13.2 Å². The highest BCUT2D eigenvalue weighted by molar-refractivity contribution is 5.18. The summed E-state index contributed by atoms with van der Waals surface area (Å²) >= 11 is 0. The van der Waals surface area contributed by atoms with Gasteiger partial charge in [-0.3, -0.25) is 0 Å². The van der Waals surface area contributed by atoms with Crippen LogP contribution in [0.5, 0.6) is 0 Å². The number of rotatable bonds is 6. The summed E-state index contributed by atoms with van der Waals surface area (Å²) in [6.45, 7) is -0.106. The van der Waals surface area contributed by atoms with E-state index >= 15 is 0 Å². The van der Waals surface area contributed by atoms with Crippen molar-refractivity contribution >= 4 is 0 Å². The molecule has 0 aromatic heterocycles. The van der Waals surface area contributed by atoms with E-state index < -0.39 is 19.1 Å². The van der Waals surface area contributed by atoms with Crippen LogP contribution in [0.15, 0.2) is 24.3 Å². The lowest BCUT2D eigenvalue weighted by molar-refractivity contribution is -0.0490. The molecule has 0 aliphatic carbocycles. The van der Waals surface area contributed by atoms with E-state index in [1.165, 1.54) is 6.07 Å². The molecule has 1 atom stereocenters. The van der Waals surface area contributed by atoms with Crippen molar-refractivity contribution in [1.29, 1.82) is 0 Å². The highest BCUT2D eigenvalue weighted by Gasteiger charge is 2.27. The number of hydrogen-bond acceptors (Lipinski definition) is 2. The van der Waals surface area contributed by atoms with Crippen molar-refractivity contribution in [3.63, 3.8) is 0 Å². The predicted octanol–water partition coefficient (Wildman–Crippen LogP) is 1.97. The molecule has 0 aliphatic rings. The third-order valence-corrected chi connectivity index (χ3v) is 2.42. The molecule has 2 N–H and O–H groups in total. The summed E-state index contributed by atoms with van der Waals surface area (Å²) in [6, 6.07) is 5.95. The molecule has 1 aromatic rings. The fourth-order valence-electron chi connectivity index (χ4n) is 1.45. The van der Waals surface area contributed by atoms with Crippen molar-refractivity contribution in [1.82, 2.24) is 5.32 Å². The Balaban J connectivity index is 2.45. The topological polar surface area (TPSA) is 32.3 Å². The lowest BCUT2D eigenvalue weighted by Crippen LogP contribution is -2.40. The molecule has 0 fully saturated rings. The molecule has 0 aliphatic heterocycles. The van der Waals surface area contributed by atoms with Crippen LogP contribution in [0.3, 0.4) is 0 Å². The zero-order chi connectivity index (χ0) is 12.9. The van der Waals surface area contributed by atoms with E-state index in [4.69, 9.17) is 5.11 Å². The van der Waals surface area contributed by atoms with E-state index in [9.17, 15) is 13.2 Å². The minimum atomic E-state index is -3.14. The lowest BCUT2D eigenvalue weighted by Gasteiger charge is -2.19. The van der Waals surface area contributed by atoms with E-state index in [1.807, 2.05) is 0 Å². The third kappa shape index (κ3) is 4.75. The lowest BCUT2D eigenvalue weighted by atomic mass is 10.1. The smallest absolute Gasteiger partial charge is 0.282 e. The number of aliphatic hydroxyl groups is 1. The first kappa shape index (κ1) is 14.0. The van der Waals surface area contributed by atoms with Gasteiger partial charge in [-0.2, -0.15) is 0 Å². The Morgan fingerprint density at radius 3 is 2.59 bits per heavy atom. The van der Waals surface area contributed by atoms with Crippen molar-refractivity contribution < 1.29 is 18.3 Å². The average Bonchev–Trinajstić information content (AvgIpc) is 2.30. The number of nitrogens with one attached hydrogen (secondary N) is 1. The number of hydrogen-bond donors (Lipinski definition) is 2. The maximum Gasteiger partial charge on any atom is 0.282 e. The van der Waals surface area contributed by atoms with Crippen molar-refractivity contribution in [2.45, 2.75) is 25.3 Å². The molecule has 0 radical (unpaired) electrons. The van der Waals surface area contributed by atoms with Gasteiger partial charge in [0.15, 0.2) is 0 Å². The Kier molecular flexibility index (Phi) is 4.96. The second kappa shape index (κ2) is 6.02. The summed E-state index contributed by atoms with van der Waals surface area (Å²) in [5, 5.41) is 11.0. The monoisotopic (exact) mass is 247 g/mol. The normalized spacial score (nSPS) is 13.7. The molecular formula is C12H16F3NO. The van der Waals surface area contributed by atoms with Gasteiger partial charge >= 0.3 is 0 Å². The molecule has 0 unspecified atom stereocenters. The molecule has 17 heavy (non-hydrogen) atoms. The zero-order valence-electron chi connectivity index (χ0n) is 9.59. The van der Waals surface area contributed by atoms with E-state index in [0.29, 0.717) is 12.0 Å². The Morgan fingerprint density at radius 1 is 1.35 bits per heavy atom. The van der Waals surface area contributed by atoms with Gasteiger partial charge in [0.25, 0.3) is 5.92 Å². The molecule has 96 valence electrons. The van der Waals surface area contributed by atoms with Gasteiger partial charge in [0, 0.05) is 6.04 Å². The predicted molar refractivity (Wildman–Crippen MR) is 59.6 cm³/mol. The Hall–Kier alpha value is -1.07. The Bertz CT molecular complexity index is 357. The van der Waals surface area contributed by atoms with Crippen molar-refractivity contribution in [3.8, 4) is 0 Å². The molecule has 0 amide bonds. The highest BCUT2D eigenvalue weighted by Crippen LogP contribution is 2.12. The number of aliphatic hydroxyl groups excluding tert-OH is 1. The second-order valence-corrected chi connectivity index (χ2v) is 4.09. The van der Waals surface area contributed by atoms with E-state index in [0.717, 1.165) is 0 Å². The Labute approximate surface area is 98.5 Å². The standard InChI is InChI=1S/C12H16F3NO/c1-9(16-7-12(14,15)8-17)6-10-4-2-3-5-11(10)13/h2-5,9,16-17H,6-8H2,1H3/t9-/m0/s1.